The molecule has 0 spiro atoms. The molecule has 4 N–H and O–H groups in total. The number of aromatic hydroxyl groups is 4. The number of ether oxygens (including phenoxy) is 2. The van der Waals surface area contributed by atoms with E-state index in [4.69, 9.17) is 9.47 Å². The Morgan fingerprint density at radius 2 is 1.39 bits per heavy atom. The van der Waals surface area contributed by atoms with Crippen LogP contribution in [0.3, 0.4) is 0 Å². The quantitative estimate of drug-likeness (QED) is 0.128. The van der Waals surface area contributed by atoms with E-state index in [1.54, 1.807) is 6.07 Å². The van der Waals surface area contributed by atoms with Gasteiger partial charge in [0.1, 0.15) is 11.9 Å². The Bertz CT molecular complexity index is 988. The van der Waals surface area contributed by atoms with Crippen molar-refractivity contribution in [2.45, 2.75) is 103 Å². The molecule has 1 heterocycles. The maximum atomic E-state index is 12.6. The van der Waals surface area contributed by atoms with Crippen LogP contribution >= 0.6 is 0 Å². The van der Waals surface area contributed by atoms with Crippen LogP contribution in [0.15, 0.2) is 30.3 Å². The van der Waals surface area contributed by atoms with E-state index in [9.17, 15) is 25.2 Å². The van der Waals surface area contributed by atoms with Gasteiger partial charge in [0, 0.05) is 30.0 Å². The third-order valence-corrected chi connectivity index (χ3v) is 6.77. The number of unbranched alkanes of at least 4 members (excludes halogenated alkanes) is 10. The molecule has 0 saturated carbocycles. The zero-order valence-electron chi connectivity index (χ0n) is 21.2. The average Bonchev–Trinajstić information content (AvgIpc) is 2.85. The van der Waals surface area contributed by atoms with Gasteiger partial charge in [-0.05, 0) is 24.6 Å². The number of hydrogen-bond acceptors (Lipinski definition) is 7. The molecule has 2 aromatic rings. The molecule has 1 aliphatic rings. The number of esters is 1. The SMILES string of the molecule is CCCCCCCCCCCCCC(=O)O[C@@H]1Cc2cc(O)c(O)cc2O[C@@H]1c1ccc(O)c(O)c1. The van der Waals surface area contributed by atoms with Crippen molar-refractivity contribution in [3.63, 3.8) is 0 Å². The van der Waals surface area contributed by atoms with Gasteiger partial charge < -0.3 is 29.9 Å². The van der Waals surface area contributed by atoms with Gasteiger partial charge in [0.15, 0.2) is 29.1 Å². The highest BCUT2D eigenvalue weighted by atomic mass is 16.6. The lowest BCUT2D eigenvalue weighted by Gasteiger charge is -2.33. The van der Waals surface area contributed by atoms with E-state index < -0.39 is 12.2 Å². The molecule has 2 atom stereocenters. The smallest absolute Gasteiger partial charge is 0.306 e. The predicted molar refractivity (Wildman–Crippen MR) is 138 cm³/mol. The van der Waals surface area contributed by atoms with Gasteiger partial charge in [-0.15, -0.1) is 0 Å². The molecule has 0 aliphatic carbocycles. The number of hydrogen-bond donors (Lipinski definition) is 4. The van der Waals surface area contributed by atoms with Crippen LogP contribution < -0.4 is 4.74 Å². The summed E-state index contributed by atoms with van der Waals surface area (Å²) >= 11 is 0. The summed E-state index contributed by atoms with van der Waals surface area (Å²) in [6, 6.07) is 7.04. The van der Waals surface area contributed by atoms with Crippen molar-refractivity contribution in [1.29, 1.82) is 0 Å². The molecule has 0 amide bonds. The van der Waals surface area contributed by atoms with Gasteiger partial charge in [0.25, 0.3) is 0 Å². The number of rotatable bonds is 14. The standard InChI is InChI=1S/C29H40O7/c1-2-3-4-5-6-7-8-9-10-11-12-13-28(34)35-27-18-21-17-24(32)25(33)19-26(21)36-29(27)20-14-15-22(30)23(31)16-20/h14-17,19,27,29-33H,2-13,18H2,1H3/t27-,29-/m1/s1. The summed E-state index contributed by atoms with van der Waals surface area (Å²) in [5.74, 6) is -1.11. The highest BCUT2D eigenvalue weighted by Gasteiger charge is 2.35. The molecular formula is C29H40O7. The Morgan fingerprint density at radius 3 is 2.03 bits per heavy atom. The molecule has 0 saturated heterocycles. The fourth-order valence-electron chi connectivity index (χ4n) is 4.67. The van der Waals surface area contributed by atoms with Gasteiger partial charge in [-0.25, -0.2) is 0 Å². The Hall–Kier alpha value is -3.09. The summed E-state index contributed by atoms with van der Waals surface area (Å²) in [4.78, 5) is 12.6. The van der Waals surface area contributed by atoms with Crippen molar-refractivity contribution in [3.05, 3.63) is 41.5 Å². The molecule has 3 rings (SSSR count). The van der Waals surface area contributed by atoms with E-state index in [0.29, 0.717) is 23.3 Å². The van der Waals surface area contributed by atoms with Crippen LogP contribution in [0.1, 0.15) is 101 Å². The molecule has 7 nitrogen and oxygen atoms in total. The first-order chi connectivity index (χ1) is 17.4. The van der Waals surface area contributed by atoms with Gasteiger partial charge >= 0.3 is 5.97 Å². The molecule has 36 heavy (non-hydrogen) atoms. The van der Waals surface area contributed by atoms with Gasteiger partial charge in [0.05, 0.1) is 0 Å². The fraction of sp³-hybridized carbons (Fsp3) is 0.552. The molecule has 0 radical (unpaired) electrons. The Kier molecular flexibility index (Phi) is 10.6. The normalized spacial score (nSPS) is 16.8. The van der Waals surface area contributed by atoms with Gasteiger partial charge in [-0.1, -0.05) is 77.2 Å². The second kappa shape index (κ2) is 13.9. The topological polar surface area (TPSA) is 116 Å². The Labute approximate surface area is 213 Å². The average molecular weight is 501 g/mol. The van der Waals surface area contributed by atoms with Crippen molar-refractivity contribution in [1.82, 2.24) is 0 Å². The molecular weight excluding hydrogens is 460 g/mol. The van der Waals surface area contributed by atoms with Gasteiger partial charge in [-0.2, -0.15) is 0 Å². The second-order valence-electron chi connectivity index (χ2n) is 9.75. The van der Waals surface area contributed by atoms with E-state index in [-0.39, 0.29) is 35.4 Å². The van der Waals surface area contributed by atoms with Crippen LogP contribution in [0.4, 0.5) is 0 Å². The maximum absolute atomic E-state index is 12.6. The van der Waals surface area contributed by atoms with Crippen LogP contribution in [0.25, 0.3) is 0 Å². The first kappa shape index (κ1) is 27.5. The van der Waals surface area contributed by atoms with E-state index in [1.807, 2.05) is 0 Å². The number of fused-ring (bicyclic) bond motifs is 1. The van der Waals surface area contributed by atoms with Crippen LogP contribution in [0, 0.1) is 0 Å². The summed E-state index contributed by atoms with van der Waals surface area (Å²) in [5, 5.41) is 39.4. The number of phenols is 4. The molecule has 0 fully saturated rings. The third-order valence-electron chi connectivity index (χ3n) is 6.77. The van der Waals surface area contributed by atoms with Gasteiger partial charge in [0.2, 0.25) is 0 Å². The van der Waals surface area contributed by atoms with E-state index in [1.165, 1.54) is 75.6 Å². The van der Waals surface area contributed by atoms with Crippen LogP contribution in [0.5, 0.6) is 28.7 Å². The molecule has 198 valence electrons. The van der Waals surface area contributed by atoms with E-state index in [0.717, 1.165) is 19.3 Å². The van der Waals surface area contributed by atoms with E-state index in [2.05, 4.69) is 6.92 Å². The number of phenolic OH excluding ortho intramolecular Hbond substituents is 4. The third kappa shape index (κ3) is 7.97. The summed E-state index contributed by atoms with van der Waals surface area (Å²) in [6.07, 6.45) is 12.3. The van der Waals surface area contributed by atoms with E-state index >= 15 is 0 Å². The largest absolute Gasteiger partial charge is 0.504 e. The summed E-state index contributed by atoms with van der Waals surface area (Å²) in [5.41, 5.74) is 1.13. The summed E-state index contributed by atoms with van der Waals surface area (Å²) < 4.78 is 11.8. The van der Waals surface area contributed by atoms with Gasteiger partial charge in [-0.3, -0.25) is 4.79 Å². The molecule has 1 aliphatic heterocycles. The minimum absolute atomic E-state index is 0.262. The zero-order chi connectivity index (χ0) is 25.9. The lowest BCUT2D eigenvalue weighted by atomic mass is 9.94. The highest BCUT2D eigenvalue weighted by Crippen LogP contribution is 2.43. The number of benzene rings is 2. The fourth-order valence-corrected chi connectivity index (χ4v) is 4.67. The lowest BCUT2D eigenvalue weighted by molar-refractivity contribution is -0.155. The van der Waals surface area contributed by atoms with Crippen LogP contribution in [0.2, 0.25) is 0 Å². The van der Waals surface area contributed by atoms with Crippen LogP contribution in [-0.4, -0.2) is 32.5 Å². The minimum atomic E-state index is -0.741. The van der Waals surface area contributed by atoms with Crippen molar-refractivity contribution >= 4 is 5.97 Å². The highest BCUT2D eigenvalue weighted by molar-refractivity contribution is 5.69. The summed E-state index contributed by atoms with van der Waals surface area (Å²) in [6.45, 7) is 2.23. The first-order valence-corrected chi connectivity index (χ1v) is 13.3. The predicted octanol–water partition coefficient (Wildman–Crippen LogP) is 6.80. The zero-order valence-corrected chi connectivity index (χ0v) is 21.2. The van der Waals surface area contributed by atoms with Crippen molar-refractivity contribution < 1.29 is 34.7 Å². The number of carbonyl (C=O) groups is 1. The monoisotopic (exact) mass is 500 g/mol. The lowest BCUT2D eigenvalue weighted by Crippen LogP contribution is -2.34. The molecule has 0 bridgehead atoms. The Morgan fingerprint density at radius 1 is 0.806 bits per heavy atom. The first-order valence-electron chi connectivity index (χ1n) is 13.3. The minimum Gasteiger partial charge on any atom is -0.504 e. The molecule has 0 unspecified atom stereocenters. The summed E-state index contributed by atoms with van der Waals surface area (Å²) in [7, 11) is 0. The van der Waals surface area contributed by atoms with Crippen molar-refractivity contribution in [2.75, 3.05) is 0 Å². The Balaban J connectivity index is 1.50. The van der Waals surface area contributed by atoms with Crippen molar-refractivity contribution in [2.24, 2.45) is 0 Å². The molecule has 7 heteroatoms. The van der Waals surface area contributed by atoms with Crippen LogP contribution in [-0.2, 0) is 16.0 Å². The maximum Gasteiger partial charge on any atom is 0.306 e. The second-order valence-corrected chi connectivity index (χ2v) is 9.75. The molecule has 0 aromatic heterocycles. The van der Waals surface area contributed by atoms with Crippen molar-refractivity contribution in [3.8, 4) is 28.7 Å². The number of carbonyl (C=O) groups excluding carboxylic acids is 1. The molecule has 2 aromatic carbocycles.